The number of aromatic nitrogens is 4. The van der Waals surface area contributed by atoms with Crippen LogP contribution in [0.1, 0.15) is 22.3 Å². The normalized spacial score (nSPS) is 11.0. The highest BCUT2D eigenvalue weighted by Crippen LogP contribution is 2.33. The van der Waals surface area contributed by atoms with Crippen molar-refractivity contribution in [1.29, 1.82) is 0 Å². The lowest BCUT2D eigenvalue weighted by Gasteiger charge is -2.09. The van der Waals surface area contributed by atoms with Crippen molar-refractivity contribution in [3.8, 4) is 22.6 Å². The second kappa shape index (κ2) is 10.0. The summed E-state index contributed by atoms with van der Waals surface area (Å²) in [5.74, 6) is 0.0701. The summed E-state index contributed by atoms with van der Waals surface area (Å²) in [5.41, 5.74) is 4.58. The Morgan fingerprint density at radius 1 is 1.09 bits per heavy atom. The number of benzene rings is 2. The molecule has 0 aliphatic heterocycles. The van der Waals surface area contributed by atoms with Crippen LogP contribution in [0, 0.1) is 12.7 Å². The van der Waals surface area contributed by atoms with Gasteiger partial charge in [-0.25, -0.2) is 19.3 Å². The molecule has 0 radical (unpaired) electrons. The third kappa shape index (κ3) is 5.04. The van der Waals surface area contributed by atoms with E-state index in [2.05, 4.69) is 20.6 Å². The number of carbonyl (C=O) groups excluding carboxylic acids is 1. The van der Waals surface area contributed by atoms with E-state index in [-0.39, 0.29) is 11.7 Å². The molecule has 0 aliphatic rings. The molecular weight excluding hydrogens is 463 g/mol. The highest BCUT2D eigenvalue weighted by Gasteiger charge is 2.18. The molecule has 0 saturated carbocycles. The minimum absolute atomic E-state index is 0.0892. The summed E-state index contributed by atoms with van der Waals surface area (Å²) in [6.07, 6.45) is 4.32. The van der Waals surface area contributed by atoms with Crippen LogP contribution in [0.2, 0.25) is 0 Å². The fourth-order valence-corrected chi connectivity index (χ4v) is 4.45. The SMILES string of the molecule is Cc1ccc(C(=O)NCCCNc2nccc(-c3c(-c4cccc(F)c4)nc4sccn34)n2)cc1. The maximum Gasteiger partial charge on any atom is 0.251 e. The van der Waals surface area contributed by atoms with Gasteiger partial charge in [-0.1, -0.05) is 29.8 Å². The molecule has 0 spiro atoms. The summed E-state index contributed by atoms with van der Waals surface area (Å²) >= 11 is 1.51. The Kier molecular flexibility index (Phi) is 6.49. The van der Waals surface area contributed by atoms with E-state index in [1.165, 1.54) is 23.5 Å². The average Bonchev–Trinajstić information content (AvgIpc) is 3.46. The molecule has 0 atom stereocenters. The molecule has 5 rings (SSSR count). The van der Waals surface area contributed by atoms with E-state index >= 15 is 0 Å². The Balaban J connectivity index is 1.27. The van der Waals surface area contributed by atoms with Crippen molar-refractivity contribution < 1.29 is 9.18 Å². The zero-order valence-electron chi connectivity index (χ0n) is 19.0. The van der Waals surface area contributed by atoms with E-state index in [4.69, 9.17) is 4.98 Å². The first-order valence-corrected chi connectivity index (χ1v) is 12.1. The van der Waals surface area contributed by atoms with Gasteiger partial charge in [-0.2, -0.15) is 0 Å². The zero-order valence-corrected chi connectivity index (χ0v) is 19.8. The van der Waals surface area contributed by atoms with Crippen LogP contribution < -0.4 is 10.6 Å². The van der Waals surface area contributed by atoms with E-state index in [0.29, 0.717) is 48.0 Å². The molecule has 35 heavy (non-hydrogen) atoms. The first-order chi connectivity index (χ1) is 17.1. The predicted molar refractivity (Wildman–Crippen MR) is 136 cm³/mol. The summed E-state index contributed by atoms with van der Waals surface area (Å²) < 4.78 is 15.9. The molecule has 0 bridgehead atoms. The van der Waals surface area contributed by atoms with Crippen LogP contribution in [0.25, 0.3) is 27.6 Å². The van der Waals surface area contributed by atoms with E-state index in [0.717, 1.165) is 16.2 Å². The van der Waals surface area contributed by atoms with Crippen molar-refractivity contribution in [2.75, 3.05) is 18.4 Å². The fraction of sp³-hybridized carbons (Fsp3) is 0.154. The second-order valence-corrected chi connectivity index (χ2v) is 8.92. The van der Waals surface area contributed by atoms with Crippen LogP contribution in [0.15, 0.2) is 72.4 Å². The Labute approximate surface area is 205 Å². The molecule has 0 saturated heterocycles. The van der Waals surface area contributed by atoms with Crippen molar-refractivity contribution in [2.24, 2.45) is 0 Å². The number of rotatable bonds is 8. The third-order valence-electron chi connectivity index (χ3n) is 5.49. The molecular formula is C26H23FN6OS. The number of carbonyl (C=O) groups is 1. The van der Waals surface area contributed by atoms with Gasteiger partial charge in [0.1, 0.15) is 11.5 Å². The van der Waals surface area contributed by atoms with Crippen LogP contribution in [0.3, 0.4) is 0 Å². The Hall–Kier alpha value is -4.11. The van der Waals surface area contributed by atoms with Gasteiger partial charge in [-0.05, 0) is 43.7 Å². The number of nitrogens with one attached hydrogen (secondary N) is 2. The lowest BCUT2D eigenvalue weighted by molar-refractivity contribution is 0.0953. The van der Waals surface area contributed by atoms with Gasteiger partial charge in [0, 0.05) is 42.0 Å². The maximum atomic E-state index is 13.9. The van der Waals surface area contributed by atoms with Crippen molar-refractivity contribution in [3.05, 3.63) is 89.3 Å². The van der Waals surface area contributed by atoms with Crippen molar-refractivity contribution in [2.45, 2.75) is 13.3 Å². The third-order valence-corrected chi connectivity index (χ3v) is 6.25. The van der Waals surface area contributed by atoms with E-state index in [1.54, 1.807) is 12.3 Å². The monoisotopic (exact) mass is 486 g/mol. The summed E-state index contributed by atoms with van der Waals surface area (Å²) in [5, 5.41) is 8.09. The van der Waals surface area contributed by atoms with E-state index in [1.807, 2.05) is 59.3 Å². The standard InChI is InChI=1S/C26H23FN6OS/c1-17-6-8-18(9-7-17)24(34)28-11-3-12-29-25-30-13-10-21(31-25)23-22(19-4-2-5-20(27)16-19)32-26-33(23)14-15-35-26/h2,4-10,13-16H,3,11-12H2,1H3,(H,28,34)(H,29,30,31). The first-order valence-electron chi connectivity index (χ1n) is 11.2. The molecule has 7 nitrogen and oxygen atoms in total. The van der Waals surface area contributed by atoms with Crippen LogP contribution >= 0.6 is 11.3 Å². The lowest BCUT2D eigenvalue weighted by Crippen LogP contribution is -2.25. The summed E-state index contributed by atoms with van der Waals surface area (Å²) in [6, 6.07) is 15.7. The van der Waals surface area contributed by atoms with Crippen LogP contribution in [0.4, 0.5) is 10.3 Å². The fourth-order valence-electron chi connectivity index (χ4n) is 3.74. The van der Waals surface area contributed by atoms with Gasteiger partial charge in [-0.15, -0.1) is 11.3 Å². The number of thiazole rings is 1. The number of fused-ring (bicyclic) bond motifs is 1. The summed E-state index contributed by atoms with van der Waals surface area (Å²) in [4.78, 5) is 26.8. The van der Waals surface area contributed by atoms with Gasteiger partial charge in [0.2, 0.25) is 5.95 Å². The van der Waals surface area contributed by atoms with Crippen molar-refractivity contribution in [3.63, 3.8) is 0 Å². The Bertz CT molecular complexity index is 1480. The van der Waals surface area contributed by atoms with Gasteiger partial charge in [-0.3, -0.25) is 9.20 Å². The molecule has 3 heterocycles. The topological polar surface area (TPSA) is 84.2 Å². The smallest absolute Gasteiger partial charge is 0.251 e. The largest absolute Gasteiger partial charge is 0.354 e. The highest BCUT2D eigenvalue weighted by molar-refractivity contribution is 7.15. The number of amides is 1. The average molecular weight is 487 g/mol. The van der Waals surface area contributed by atoms with Gasteiger partial charge in [0.25, 0.3) is 5.91 Å². The number of hydrogen-bond donors (Lipinski definition) is 2. The quantitative estimate of drug-likeness (QED) is 0.295. The molecule has 0 aliphatic carbocycles. The molecule has 2 aromatic carbocycles. The number of nitrogens with zero attached hydrogens (tertiary/aromatic N) is 4. The lowest BCUT2D eigenvalue weighted by atomic mass is 10.1. The number of aryl methyl sites for hydroxylation is 1. The molecule has 1 amide bonds. The molecule has 0 fully saturated rings. The van der Waals surface area contributed by atoms with Gasteiger partial charge in [0.15, 0.2) is 4.96 Å². The van der Waals surface area contributed by atoms with Gasteiger partial charge >= 0.3 is 0 Å². The van der Waals surface area contributed by atoms with Gasteiger partial charge < -0.3 is 10.6 Å². The first kappa shape index (κ1) is 22.7. The summed E-state index contributed by atoms with van der Waals surface area (Å²) in [7, 11) is 0. The molecule has 0 unspecified atom stereocenters. The Morgan fingerprint density at radius 3 is 2.77 bits per heavy atom. The predicted octanol–water partition coefficient (Wildman–Crippen LogP) is 5.20. The number of halogens is 1. The second-order valence-electron chi connectivity index (χ2n) is 8.04. The maximum absolute atomic E-state index is 13.9. The number of hydrogen-bond acceptors (Lipinski definition) is 6. The van der Waals surface area contributed by atoms with E-state index < -0.39 is 0 Å². The number of imidazole rings is 1. The minimum Gasteiger partial charge on any atom is -0.354 e. The zero-order chi connectivity index (χ0) is 24.2. The molecule has 2 N–H and O–H groups in total. The van der Waals surface area contributed by atoms with E-state index in [9.17, 15) is 9.18 Å². The molecule has 5 aromatic rings. The van der Waals surface area contributed by atoms with Gasteiger partial charge in [0.05, 0.1) is 11.4 Å². The Morgan fingerprint density at radius 2 is 1.94 bits per heavy atom. The molecule has 3 aromatic heterocycles. The molecule has 176 valence electrons. The van der Waals surface area contributed by atoms with Crippen molar-refractivity contribution >= 4 is 28.2 Å². The number of anilines is 1. The van der Waals surface area contributed by atoms with Crippen LogP contribution in [-0.4, -0.2) is 38.3 Å². The van der Waals surface area contributed by atoms with Crippen LogP contribution in [0.5, 0.6) is 0 Å². The van der Waals surface area contributed by atoms with Crippen LogP contribution in [-0.2, 0) is 0 Å². The molecule has 9 heteroatoms. The highest BCUT2D eigenvalue weighted by atomic mass is 32.1. The summed E-state index contributed by atoms with van der Waals surface area (Å²) in [6.45, 7) is 3.11. The minimum atomic E-state index is -0.315. The van der Waals surface area contributed by atoms with Crippen molar-refractivity contribution in [1.82, 2.24) is 24.7 Å².